The lowest BCUT2D eigenvalue weighted by molar-refractivity contribution is 0.101. The first-order valence-electron chi connectivity index (χ1n) is 2.91. The average Bonchev–Trinajstić information content (AvgIpc) is 2.10. The number of aryl methyl sites for hydroxylation is 1. The molecule has 0 saturated carbocycles. The highest BCUT2D eigenvalue weighted by molar-refractivity contribution is 7.14. The molecule has 2 nitrogen and oxygen atoms in total. The van der Waals surface area contributed by atoms with Crippen LogP contribution in [0.3, 0.4) is 0 Å². The molecule has 0 atom stereocenters. The largest absolute Gasteiger partial charge is 0.499 e. The molecular formula is C7H8O2S. The first-order valence-corrected chi connectivity index (χ1v) is 3.73. The van der Waals surface area contributed by atoms with Crippen LogP contribution in [0.15, 0.2) is 6.07 Å². The van der Waals surface area contributed by atoms with Gasteiger partial charge in [0.15, 0.2) is 10.8 Å². The molecule has 0 aliphatic heterocycles. The van der Waals surface area contributed by atoms with Crippen LogP contribution in [0.2, 0.25) is 0 Å². The van der Waals surface area contributed by atoms with E-state index in [9.17, 15) is 4.79 Å². The summed E-state index contributed by atoms with van der Waals surface area (Å²) in [5.41, 5.74) is 0.433. The van der Waals surface area contributed by atoms with E-state index < -0.39 is 0 Å². The van der Waals surface area contributed by atoms with Gasteiger partial charge in [0.05, 0.1) is 5.56 Å². The maximum atomic E-state index is 10.7. The van der Waals surface area contributed by atoms with Gasteiger partial charge in [-0.1, -0.05) is 0 Å². The highest BCUT2D eigenvalue weighted by Crippen LogP contribution is 2.28. The van der Waals surface area contributed by atoms with Gasteiger partial charge in [-0.2, -0.15) is 0 Å². The predicted octanol–water partition coefficient (Wildman–Crippen LogP) is 1.96. The number of carbonyl (C=O) groups excluding carboxylic acids is 1. The number of hydrogen-bond acceptors (Lipinski definition) is 3. The van der Waals surface area contributed by atoms with Crippen LogP contribution in [0.4, 0.5) is 0 Å². The Balaban J connectivity index is 3.15. The van der Waals surface area contributed by atoms with Crippen molar-refractivity contribution in [2.24, 2.45) is 0 Å². The summed E-state index contributed by atoms with van der Waals surface area (Å²) >= 11 is 1.23. The summed E-state index contributed by atoms with van der Waals surface area (Å²) in [7, 11) is 0. The van der Waals surface area contributed by atoms with Crippen molar-refractivity contribution >= 4 is 17.1 Å². The number of Topliss-reactive ketones (excluding diaryl/α,β-unsaturated/α-hetero) is 1. The van der Waals surface area contributed by atoms with Crippen LogP contribution in [-0.4, -0.2) is 10.9 Å². The molecule has 0 aliphatic rings. The van der Waals surface area contributed by atoms with Crippen molar-refractivity contribution in [2.75, 3.05) is 0 Å². The van der Waals surface area contributed by atoms with Gasteiger partial charge in [0.1, 0.15) is 0 Å². The normalized spacial score (nSPS) is 9.80. The van der Waals surface area contributed by atoms with E-state index in [1.54, 1.807) is 6.07 Å². The molecular weight excluding hydrogens is 148 g/mol. The third-order valence-corrected chi connectivity index (χ3v) is 2.07. The van der Waals surface area contributed by atoms with E-state index in [0.717, 1.165) is 4.88 Å². The van der Waals surface area contributed by atoms with Gasteiger partial charge in [0.2, 0.25) is 0 Å². The van der Waals surface area contributed by atoms with Crippen molar-refractivity contribution in [1.29, 1.82) is 0 Å². The molecule has 0 fully saturated rings. The SMILES string of the molecule is CC(=O)c1cc(C)sc1O. The summed E-state index contributed by atoms with van der Waals surface area (Å²) in [5.74, 6) is -0.0816. The Morgan fingerprint density at radius 2 is 2.30 bits per heavy atom. The molecule has 0 bridgehead atoms. The van der Waals surface area contributed by atoms with Crippen molar-refractivity contribution in [3.05, 3.63) is 16.5 Å². The second-order valence-corrected chi connectivity index (χ2v) is 3.37. The zero-order valence-corrected chi connectivity index (χ0v) is 6.66. The molecule has 1 aromatic rings. The number of thiophene rings is 1. The molecule has 1 rings (SSSR count). The van der Waals surface area contributed by atoms with E-state index in [0.29, 0.717) is 5.56 Å². The van der Waals surface area contributed by atoms with Gasteiger partial charge in [-0.05, 0) is 19.9 Å². The second-order valence-electron chi connectivity index (χ2n) is 2.13. The first-order chi connectivity index (χ1) is 4.61. The zero-order valence-electron chi connectivity index (χ0n) is 5.84. The van der Waals surface area contributed by atoms with Gasteiger partial charge in [-0.3, -0.25) is 4.79 Å². The fraction of sp³-hybridized carbons (Fsp3) is 0.286. The Hall–Kier alpha value is -0.830. The van der Waals surface area contributed by atoms with Crippen molar-refractivity contribution in [1.82, 2.24) is 0 Å². The Morgan fingerprint density at radius 1 is 1.70 bits per heavy atom. The Bertz CT molecular complexity index is 263. The van der Waals surface area contributed by atoms with Crippen LogP contribution in [-0.2, 0) is 0 Å². The number of aromatic hydroxyl groups is 1. The molecule has 3 heteroatoms. The summed E-state index contributed by atoms with van der Waals surface area (Å²) in [6.07, 6.45) is 0. The standard InChI is InChI=1S/C7H8O2S/c1-4-3-6(5(2)8)7(9)10-4/h3,9H,1-2H3. The molecule has 0 spiro atoms. The van der Waals surface area contributed by atoms with E-state index in [-0.39, 0.29) is 10.8 Å². The van der Waals surface area contributed by atoms with Crippen LogP contribution in [0.5, 0.6) is 5.06 Å². The quantitative estimate of drug-likeness (QED) is 0.631. The third kappa shape index (κ3) is 1.19. The van der Waals surface area contributed by atoms with Crippen LogP contribution in [0.25, 0.3) is 0 Å². The molecule has 0 aliphatic carbocycles. The first kappa shape index (κ1) is 7.28. The van der Waals surface area contributed by atoms with E-state index >= 15 is 0 Å². The maximum absolute atomic E-state index is 10.7. The van der Waals surface area contributed by atoms with Crippen molar-refractivity contribution in [3.8, 4) is 5.06 Å². The second kappa shape index (κ2) is 2.42. The summed E-state index contributed by atoms with van der Waals surface area (Å²) in [5, 5.41) is 9.23. The lowest BCUT2D eigenvalue weighted by Crippen LogP contribution is -1.87. The summed E-state index contributed by atoms with van der Waals surface area (Å²) in [4.78, 5) is 11.7. The molecule has 10 heavy (non-hydrogen) atoms. The van der Waals surface area contributed by atoms with Crippen LogP contribution in [0.1, 0.15) is 22.2 Å². The van der Waals surface area contributed by atoms with Gasteiger partial charge in [0.25, 0.3) is 0 Å². The number of ketones is 1. The summed E-state index contributed by atoms with van der Waals surface area (Å²) in [6.45, 7) is 3.30. The van der Waals surface area contributed by atoms with Crippen LogP contribution < -0.4 is 0 Å². The van der Waals surface area contributed by atoms with Crippen LogP contribution >= 0.6 is 11.3 Å². The van der Waals surface area contributed by atoms with E-state index in [1.807, 2.05) is 6.92 Å². The lowest BCUT2D eigenvalue weighted by Gasteiger charge is -1.86. The Kier molecular flexibility index (Phi) is 1.76. The monoisotopic (exact) mass is 156 g/mol. The molecule has 0 unspecified atom stereocenters. The minimum atomic E-state index is -0.0816. The van der Waals surface area contributed by atoms with Gasteiger partial charge >= 0.3 is 0 Å². The molecule has 1 heterocycles. The number of rotatable bonds is 1. The molecule has 0 amide bonds. The number of carbonyl (C=O) groups is 1. The topological polar surface area (TPSA) is 37.3 Å². The lowest BCUT2D eigenvalue weighted by atomic mass is 10.2. The van der Waals surface area contributed by atoms with Crippen LogP contribution in [0, 0.1) is 6.92 Å². The Morgan fingerprint density at radius 3 is 2.50 bits per heavy atom. The summed E-state index contributed by atoms with van der Waals surface area (Å²) < 4.78 is 0. The minimum Gasteiger partial charge on any atom is -0.499 e. The van der Waals surface area contributed by atoms with Crippen molar-refractivity contribution < 1.29 is 9.90 Å². The molecule has 1 aromatic heterocycles. The minimum absolute atomic E-state index is 0.0816. The fourth-order valence-corrected chi connectivity index (χ4v) is 1.55. The molecule has 54 valence electrons. The van der Waals surface area contributed by atoms with E-state index in [2.05, 4.69) is 0 Å². The highest BCUT2D eigenvalue weighted by Gasteiger charge is 2.08. The third-order valence-electron chi connectivity index (χ3n) is 1.21. The zero-order chi connectivity index (χ0) is 7.72. The molecule has 1 N–H and O–H groups in total. The van der Waals surface area contributed by atoms with Gasteiger partial charge in [-0.25, -0.2) is 0 Å². The molecule has 0 saturated heterocycles. The van der Waals surface area contributed by atoms with Gasteiger partial charge < -0.3 is 5.11 Å². The molecule has 0 aromatic carbocycles. The van der Waals surface area contributed by atoms with E-state index in [1.165, 1.54) is 18.3 Å². The van der Waals surface area contributed by atoms with Crippen molar-refractivity contribution in [2.45, 2.75) is 13.8 Å². The van der Waals surface area contributed by atoms with Gasteiger partial charge in [-0.15, -0.1) is 11.3 Å². The predicted molar refractivity (Wildman–Crippen MR) is 40.7 cm³/mol. The number of hydrogen-bond donors (Lipinski definition) is 1. The van der Waals surface area contributed by atoms with Gasteiger partial charge in [0, 0.05) is 4.88 Å². The average molecular weight is 156 g/mol. The maximum Gasteiger partial charge on any atom is 0.182 e. The highest BCUT2D eigenvalue weighted by atomic mass is 32.1. The Labute approximate surface area is 63.1 Å². The smallest absolute Gasteiger partial charge is 0.182 e. The molecule has 0 radical (unpaired) electrons. The summed E-state index contributed by atoms with van der Waals surface area (Å²) in [6, 6.07) is 1.70. The van der Waals surface area contributed by atoms with Crippen molar-refractivity contribution in [3.63, 3.8) is 0 Å². The van der Waals surface area contributed by atoms with E-state index in [4.69, 9.17) is 5.11 Å². The fourth-order valence-electron chi connectivity index (χ4n) is 0.754.